The fraction of sp³-hybridized carbons (Fsp3) is 0.400. The molecular formula is C20H24N2O4. The highest BCUT2D eigenvalue weighted by molar-refractivity contribution is 5.43. The van der Waals surface area contributed by atoms with E-state index in [9.17, 15) is 10.1 Å². The molecule has 6 heteroatoms. The minimum atomic E-state index is -0.365. The van der Waals surface area contributed by atoms with Crippen LogP contribution in [0.3, 0.4) is 0 Å². The van der Waals surface area contributed by atoms with Gasteiger partial charge in [-0.1, -0.05) is 18.2 Å². The summed E-state index contributed by atoms with van der Waals surface area (Å²) in [6.07, 6.45) is 3.12. The molecule has 3 rings (SSSR count). The summed E-state index contributed by atoms with van der Waals surface area (Å²) in [6.45, 7) is 1.96. The van der Waals surface area contributed by atoms with Gasteiger partial charge < -0.3 is 9.47 Å². The van der Waals surface area contributed by atoms with Crippen LogP contribution in [0.25, 0.3) is 0 Å². The average molecular weight is 356 g/mol. The predicted octanol–water partition coefficient (Wildman–Crippen LogP) is 3.99. The van der Waals surface area contributed by atoms with E-state index < -0.39 is 0 Å². The minimum absolute atomic E-state index is 0.135. The SMILES string of the molecule is COc1ccc(C2CCCN2CCc2ccc([N+](=O)[O-])cc2)c(OC)c1. The maximum atomic E-state index is 10.8. The predicted molar refractivity (Wildman–Crippen MR) is 99.9 cm³/mol. The van der Waals surface area contributed by atoms with Gasteiger partial charge in [-0.15, -0.1) is 0 Å². The second-order valence-corrected chi connectivity index (χ2v) is 6.48. The van der Waals surface area contributed by atoms with Gasteiger partial charge in [0.05, 0.1) is 19.1 Å². The molecule has 1 heterocycles. The van der Waals surface area contributed by atoms with Crippen molar-refractivity contribution in [3.05, 3.63) is 63.7 Å². The van der Waals surface area contributed by atoms with E-state index in [1.807, 2.05) is 24.3 Å². The molecule has 1 unspecified atom stereocenters. The van der Waals surface area contributed by atoms with Crippen LogP contribution in [0.1, 0.15) is 30.0 Å². The number of nitro benzene ring substituents is 1. The largest absolute Gasteiger partial charge is 0.497 e. The molecule has 1 aliphatic heterocycles. The molecule has 0 radical (unpaired) electrons. The average Bonchev–Trinajstić information content (AvgIpc) is 3.14. The molecule has 26 heavy (non-hydrogen) atoms. The van der Waals surface area contributed by atoms with E-state index in [-0.39, 0.29) is 10.6 Å². The molecule has 1 aliphatic rings. The zero-order valence-corrected chi connectivity index (χ0v) is 15.2. The van der Waals surface area contributed by atoms with Crippen molar-refractivity contribution in [1.82, 2.24) is 4.90 Å². The Bertz CT molecular complexity index is 761. The fourth-order valence-electron chi connectivity index (χ4n) is 3.60. The smallest absolute Gasteiger partial charge is 0.269 e. The van der Waals surface area contributed by atoms with Gasteiger partial charge >= 0.3 is 0 Å². The molecule has 138 valence electrons. The number of nitrogens with zero attached hydrogens (tertiary/aromatic N) is 2. The Labute approximate surface area is 153 Å². The molecule has 1 fully saturated rings. The zero-order valence-electron chi connectivity index (χ0n) is 15.2. The molecule has 6 nitrogen and oxygen atoms in total. The first-order valence-electron chi connectivity index (χ1n) is 8.81. The summed E-state index contributed by atoms with van der Waals surface area (Å²) in [6, 6.07) is 13.2. The van der Waals surface area contributed by atoms with Gasteiger partial charge in [0.1, 0.15) is 11.5 Å². The van der Waals surface area contributed by atoms with E-state index in [0.717, 1.165) is 49.4 Å². The third-order valence-corrected chi connectivity index (χ3v) is 5.00. The Balaban J connectivity index is 1.69. The lowest BCUT2D eigenvalue weighted by molar-refractivity contribution is -0.384. The van der Waals surface area contributed by atoms with E-state index in [2.05, 4.69) is 11.0 Å². The molecule has 0 N–H and O–H groups in total. The molecule has 0 aliphatic carbocycles. The van der Waals surface area contributed by atoms with Gasteiger partial charge in [0, 0.05) is 36.3 Å². The number of likely N-dealkylation sites (tertiary alicyclic amines) is 1. The van der Waals surface area contributed by atoms with Gasteiger partial charge in [0.15, 0.2) is 0 Å². The number of non-ortho nitro benzene ring substituents is 1. The van der Waals surface area contributed by atoms with Crippen LogP contribution >= 0.6 is 0 Å². The van der Waals surface area contributed by atoms with Crippen molar-refractivity contribution in [3.8, 4) is 11.5 Å². The van der Waals surface area contributed by atoms with Crippen LogP contribution in [-0.4, -0.2) is 37.1 Å². The Morgan fingerprint density at radius 3 is 2.58 bits per heavy atom. The Morgan fingerprint density at radius 2 is 1.92 bits per heavy atom. The molecule has 0 aromatic heterocycles. The first kappa shape index (κ1) is 18.2. The van der Waals surface area contributed by atoms with Gasteiger partial charge in [-0.2, -0.15) is 0 Å². The first-order chi connectivity index (χ1) is 12.6. The fourth-order valence-corrected chi connectivity index (χ4v) is 3.60. The van der Waals surface area contributed by atoms with Crippen LogP contribution in [0.2, 0.25) is 0 Å². The number of benzene rings is 2. The highest BCUT2D eigenvalue weighted by Gasteiger charge is 2.28. The number of nitro groups is 1. The number of methoxy groups -OCH3 is 2. The van der Waals surface area contributed by atoms with Crippen molar-refractivity contribution < 1.29 is 14.4 Å². The molecule has 0 bridgehead atoms. The summed E-state index contributed by atoms with van der Waals surface area (Å²) in [4.78, 5) is 12.9. The monoisotopic (exact) mass is 356 g/mol. The van der Waals surface area contributed by atoms with Crippen molar-refractivity contribution >= 4 is 5.69 Å². The van der Waals surface area contributed by atoms with E-state index in [1.54, 1.807) is 26.4 Å². The second kappa shape index (κ2) is 8.19. The van der Waals surface area contributed by atoms with Gasteiger partial charge in [-0.25, -0.2) is 0 Å². The number of hydrogen-bond donors (Lipinski definition) is 0. The minimum Gasteiger partial charge on any atom is -0.497 e. The Hall–Kier alpha value is -2.60. The molecule has 0 saturated carbocycles. The van der Waals surface area contributed by atoms with Crippen molar-refractivity contribution in [2.24, 2.45) is 0 Å². The summed E-state index contributed by atoms with van der Waals surface area (Å²) >= 11 is 0. The maximum Gasteiger partial charge on any atom is 0.269 e. The Kier molecular flexibility index (Phi) is 5.73. The molecular weight excluding hydrogens is 332 g/mol. The summed E-state index contributed by atoms with van der Waals surface area (Å²) < 4.78 is 10.9. The number of hydrogen-bond acceptors (Lipinski definition) is 5. The highest BCUT2D eigenvalue weighted by Crippen LogP contribution is 2.38. The van der Waals surface area contributed by atoms with Crippen molar-refractivity contribution in [2.75, 3.05) is 27.3 Å². The molecule has 1 saturated heterocycles. The first-order valence-corrected chi connectivity index (χ1v) is 8.81. The van der Waals surface area contributed by atoms with Crippen LogP contribution < -0.4 is 9.47 Å². The van der Waals surface area contributed by atoms with Crippen molar-refractivity contribution in [3.63, 3.8) is 0 Å². The van der Waals surface area contributed by atoms with Crippen molar-refractivity contribution in [2.45, 2.75) is 25.3 Å². The van der Waals surface area contributed by atoms with Crippen LogP contribution in [0.5, 0.6) is 11.5 Å². The lowest BCUT2D eigenvalue weighted by Gasteiger charge is -2.26. The number of ether oxygens (including phenoxy) is 2. The van der Waals surface area contributed by atoms with Crippen LogP contribution in [0.4, 0.5) is 5.69 Å². The zero-order chi connectivity index (χ0) is 18.5. The Morgan fingerprint density at radius 1 is 1.15 bits per heavy atom. The van der Waals surface area contributed by atoms with Gasteiger partial charge in [0.2, 0.25) is 0 Å². The summed E-state index contributed by atoms with van der Waals surface area (Å²) in [7, 11) is 3.34. The normalized spacial score (nSPS) is 17.2. The lowest BCUT2D eigenvalue weighted by Crippen LogP contribution is -2.26. The lowest BCUT2D eigenvalue weighted by atomic mass is 10.0. The summed E-state index contributed by atoms with van der Waals surface area (Å²) in [5, 5.41) is 10.8. The topological polar surface area (TPSA) is 64.8 Å². The highest BCUT2D eigenvalue weighted by atomic mass is 16.6. The van der Waals surface area contributed by atoms with Crippen LogP contribution in [0, 0.1) is 10.1 Å². The second-order valence-electron chi connectivity index (χ2n) is 6.48. The maximum absolute atomic E-state index is 10.8. The van der Waals surface area contributed by atoms with Crippen LogP contribution in [0.15, 0.2) is 42.5 Å². The van der Waals surface area contributed by atoms with E-state index in [1.165, 1.54) is 5.56 Å². The molecule has 2 aromatic carbocycles. The molecule has 0 spiro atoms. The quantitative estimate of drug-likeness (QED) is 0.554. The van der Waals surface area contributed by atoms with Crippen LogP contribution in [-0.2, 0) is 6.42 Å². The third-order valence-electron chi connectivity index (χ3n) is 5.00. The summed E-state index contributed by atoms with van der Waals surface area (Å²) in [5.41, 5.74) is 2.44. The van der Waals surface area contributed by atoms with E-state index in [4.69, 9.17) is 9.47 Å². The number of rotatable bonds is 7. The summed E-state index contributed by atoms with van der Waals surface area (Å²) in [5.74, 6) is 1.65. The third kappa shape index (κ3) is 3.96. The van der Waals surface area contributed by atoms with Crippen molar-refractivity contribution in [1.29, 1.82) is 0 Å². The molecule has 2 aromatic rings. The van der Waals surface area contributed by atoms with E-state index >= 15 is 0 Å². The standard InChI is InChI=1S/C20H24N2O4/c1-25-17-9-10-18(20(14-17)26-2)19-4-3-12-21(19)13-11-15-5-7-16(8-6-15)22(23)24/h5-10,14,19H,3-4,11-13H2,1-2H3. The molecule has 0 amide bonds. The molecule has 1 atom stereocenters. The van der Waals surface area contributed by atoms with Gasteiger partial charge in [-0.05, 0) is 37.4 Å². The van der Waals surface area contributed by atoms with Gasteiger partial charge in [-0.3, -0.25) is 15.0 Å². The van der Waals surface area contributed by atoms with Gasteiger partial charge in [0.25, 0.3) is 5.69 Å². The van der Waals surface area contributed by atoms with E-state index in [0.29, 0.717) is 6.04 Å².